The molecule has 0 aromatic rings. The number of ketones is 3. The third kappa shape index (κ3) is 9.77. The summed E-state index contributed by atoms with van der Waals surface area (Å²) >= 11 is 0. The van der Waals surface area contributed by atoms with Crippen LogP contribution in [0, 0.1) is 35.5 Å². The summed E-state index contributed by atoms with van der Waals surface area (Å²) in [5, 5.41) is 43.6. The van der Waals surface area contributed by atoms with E-state index in [2.05, 4.69) is 0 Å². The van der Waals surface area contributed by atoms with Crippen LogP contribution in [0.2, 0.25) is 0 Å². The summed E-state index contributed by atoms with van der Waals surface area (Å²) in [5.74, 6) is -7.89. The van der Waals surface area contributed by atoms with Crippen LogP contribution in [0.3, 0.4) is 0 Å². The first-order valence-electron chi connectivity index (χ1n) is 14.5. The molecule has 42 heavy (non-hydrogen) atoms. The van der Waals surface area contributed by atoms with E-state index < -0.39 is 84.3 Å². The maximum absolute atomic E-state index is 13.6. The first kappa shape index (κ1) is 37.5. The zero-order valence-electron chi connectivity index (χ0n) is 26.3. The molecular formula is C32H50O10. The molecule has 0 saturated heterocycles. The van der Waals surface area contributed by atoms with Gasteiger partial charge in [-0.3, -0.25) is 14.4 Å². The SMILES string of the molecule is C/C=C\[C@H](C)/C=C(\C)[C@@H](O)[C@H]1COC(=O)[C@H](O)[C@@H](OC)[C@H](C)C(=O)[C@H](C)[C@@H](O)/C(C)=C/[C@H](C)C(=O)C[C@H](O)[C@@H](C)C1=O. The molecule has 0 bridgehead atoms. The van der Waals surface area contributed by atoms with Crippen LogP contribution in [0.15, 0.2) is 35.5 Å². The molecule has 0 spiro atoms. The van der Waals surface area contributed by atoms with Crippen molar-refractivity contribution in [3.05, 3.63) is 35.5 Å². The van der Waals surface area contributed by atoms with Gasteiger partial charge in [0.15, 0.2) is 6.10 Å². The highest BCUT2D eigenvalue weighted by Crippen LogP contribution is 2.26. The quantitative estimate of drug-likeness (QED) is 0.274. The Hall–Kier alpha value is -2.50. The minimum atomic E-state index is -1.91. The summed E-state index contributed by atoms with van der Waals surface area (Å²) in [4.78, 5) is 52.7. The Bertz CT molecular complexity index is 1040. The van der Waals surface area contributed by atoms with Crippen LogP contribution >= 0.6 is 0 Å². The largest absolute Gasteiger partial charge is 0.463 e. The second kappa shape index (κ2) is 17.0. The molecule has 0 aliphatic carbocycles. The van der Waals surface area contributed by atoms with Crippen LogP contribution in [0.1, 0.15) is 61.8 Å². The van der Waals surface area contributed by atoms with Crippen molar-refractivity contribution >= 4 is 23.3 Å². The molecule has 11 atom stereocenters. The van der Waals surface area contributed by atoms with Crippen molar-refractivity contribution in [2.24, 2.45) is 35.5 Å². The van der Waals surface area contributed by atoms with Gasteiger partial charge in [0, 0.05) is 37.2 Å². The fourth-order valence-corrected chi connectivity index (χ4v) is 5.32. The molecule has 0 radical (unpaired) electrons. The number of ether oxygens (including phenoxy) is 2. The molecule has 0 aromatic carbocycles. The second-order valence-electron chi connectivity index (χ2n) is 11.7. The number of aliphatic hydroxyl groups excluding tert-OH is 4. The molecule has 1 rings (SSSR count). The molecule has 1 aliphatic rings. The van der Waals surface area contributed by atoms with E-state index in [-0.39, 0.29) is 18.1 Å². The first-order chi connectivity index (χ1) is 19.5. The van der Waals surface area contributed by atoms with Crippen LogP contribution in [0.5, 0.6) is 0 Å². The Morgan fingerprint density at radius 3 is 2.14 bits per heavy atom. The third-order valence-electron chi connectivity index (χ3n) is 8.25. The second-order valence-corrected chi connectivity index (χ2v) is 11.7. The van der Waals surface area contributed by atoms with Crippen LogP contribution in [0.25, 0.3) is 0 Å². The molecule has 0 saturated carbocycles. The van der Waals surface area contributed by atoms with Gasteiger partial charge in [-0.25, -0.2) is 4.79 Å². The molecule has 1 aliphatic heterocycles. The molecule has 1 heterocycles. The highest BCUT2D eigenvalue weighted by molar-refractivity contribution is 5.88. The fraction of sp³-hybridized carbons (Fsp3) is 0.688. The number of esters is 1. The number of carbonyl (C=O) groups is 4. The summed E-state index contributed by atoms with van der Waals surface area (Å²) < 4.78 is 10.6. The van der Waals surface area contributed by atoms with E-state index in [0.717, 1.165) is 0 Å². The molecule has 0 fully saturated rings. The summed E-state index contributed by atoms with van der Waals surface area (Å²) in [6.07, 6.45) is -0.650. The van der Waals surface area contributed by atoms with Gasteiger partial charge in [0.1, 0.15) is 30.1 Å². The zero-order chi connectivity index (χ0) is 32.5. The van der Waals surface area contributed by atoms with Gasteiger partial charge in [-0.1, -0.05) is 58.9 Å². The summed E-state index contributed by atoms with van der Waals surface area (Å²) in [7, 11) is 1.22. The van der Waals surface area contributed by atoms with Crippen molar-refractivity contribution < 1.29 is 49.1 Å². The maximum Gasteiger partial charge on any atom is 0.337 e. The Labute approximate surface area is 249 Å². The van der Waals surface area contributed by atoms with Crippen molar-refractivity contribution in [2.45, 2.75) is 92.3 Å². The molecule has 238 valence electrons. The third-order valence-corrected chi connectivity index (χ3v) is 8.25. The van der Waals surface area contributed by atoms with E-state index in [1.165, 1.54) is 34.0 Å². The van der Waals surface area contributed by atoms with Crippen molar-refractivity contribution in [2.75, 3.05) is 13.7 Å². The Morgan fingerprint density at radius 2 is 1.60 bits per heavy atom. The lowest BCUT2D eigenvalue weighted by Crippen LogP contribution is -2.47. The number of methoxy groups -OCH3 is 1. The predicted molar refractivity (Wildman–Crippen MR) is 157 cm³/mol. The van der Waals surface area contributed by atoms with Gasteiger partial charge in [0.05, 0.1) is 24.2 Å². The van der Waals surface area contributed by atoms with E-state index in [1.54, 1.807) is 26.8 Å². The van der Waals surface area contributed by atoms with Crippen molar-refractivity contribution in [1.82, 2.24) is 0 Å². The van der Waals surface area contributed by atoms with Crippen LogP contribution in [0.4, 0.5) is 0 Å². The number of carbonyl (C=O) groups excluding carboxylic acids is 4. The normalized spacial score (nSPS) is 36.5. The van der Waals surface area contributed by atoms with Gasteiger partial charge in [-0.15, -0.1) is 0 Å². The first-order valence-corrected chi connectivity index (χ1v) is 14.5. The van der Waals surface area contributed by atoms with Gasteiger partial charge >= 0.3 is 5.97 Å². The Morgan fingerprint density at radius 1 is 1.00 bits per heavy atom. The van der Waals surface area contributed by atoms with Crippen molar-refractivity contribution in [3.8, 4) is 0 Å². The number of rotatable bonds is 5. The van der Waals surface area contributed by atoms with E-state index in [1.807, 2.05) is 26.0 Å². The smallest absolute Gasteiger partial charge is 0.337 e. The molecule has 0 aromatic heterocycles. The number of aliphatic hydroxyl groups is 4. The maximum atomic E-state index is 13.6. The summed E-state index contributed by atoms with van der Waals surface area (Å²) in [5.41, 5.74) is 0.793. The van der Waals surface area contributed by atoms with E-state index in [0.29, 0.717) is 11.1 Å². The van der Waals surface area contributed by atoms with Crippen LogP contribution in [-0.4, -0.2) is 88.0 Å². The standard InChI is InChI=1S/C32H50O10/c1-10-11-16(2)12-18(4)27(36)23-15-42-32(40)30(39)31(41-9)22(8)28(37)21(7)26(35)19(5)13-17(3)24(33)14-25(34)20(6)29(23)38/h10-13,16-17,20-23,25-27,30-31,34-36,39H,14-15H2,1-9H3/b11-10-,18-12+,19-13+/t16-,17-,20+,21+,22+,23+,25-,26-,27+,30+,31-/m0/s1. The lowest BCUT2D eigenvalue weighted by atomic mass is 9.81. The molecule has 10 nitrogen and oxygen atoms in total. The average Bonchev–Trinajstić information content (AvgIpc) is 2.94. The number of allylic oxidation sites excluding steroid dienone is 4. The lowest BCUT2D eigenvalue weighted by Gasteiger charge is -2.30. The minimum absolute atomic E-state index is 0.0654. The Balaban J connectivity index is 3.58. The zero-order valence-corrected chi connectivity index (χ0v) is 26.3. The molecule has 4 N–H and O–H groups in total. The highest BCUT2D eigenvalue weighted by Gasteiger charge is 2.41. The van der Waals surface area contributed by atoms with E-state index >= 15 is 0 Å². The van der Waals surface area contributed by atoms with Gasteiger partial charge in [0.25, 0.3) is 0 Å². The topological polar surface area (TPSA) is 168 Å². The Kier molecular flexibility index (Phi) is 15.2. The van der Waals surface area contributed by atoms with Gasteiger partial charge in [-0.05, 0) is 37.8 Å². The number of hydrogen-bond acceptors (Lipinski definition) is 10. The monoisotopic (exact) mass is 594 g/mol. The fourth-order valence-electron chi connectivity index (χ4n) is 5.32. The predicted octanol–water partition coefficient (Wildman–Crippen LogP) is 2.36. The average molecular weight is 595 g/mol. The number of cyclic esters (lactones) is 1. The van der Waals surface area contributed by atoms with Crippen LogP contribution in [-0.2, 0) is 28.7 Å². The molecule has 0 amide bonds. The van der Waals surface area contributed by atoms with Crippen molar-refractivity contribution in [3.63, 3.8) is 0 Å². The minimum Gasteiger partial charge on any atom is -0.463 e. The molecule has 0 unspecified atom stereocenters. The van der Waals surface area contributed by atoms with Gasteiger partial charge in [0.2, 0.25) is 0 Å². The summed E-state index contributed by atoms with van der Waals surface area (Å²) in [6.45, 7) is 12.3. The highest BCUT2D eigenvalue weighted by atomic mass is 16.6. The number of hydrogen-bond donors (Lipinski definition) is 4. The van der Waals surface area contributed by atoms with Crippen molar-refractivity contribution in [1.29, 1.82) is 0 Å². The van der Waals surface area contributed by atoms with E-state index in [9.17, 15) is 39.6 Å². The van der Waals surface area contributed by atoms with Gasteiger partial charge < -0.3 is 29.9 Å². The van der Waals surface area contributed by atoms with E-state index in [4.69, 9.17) is 9.47 Å². The number of Topliss-reactive ketones (excluding diaryl/α,β-unsaturated/α-hetero) is 3. The summed E-state index contributed by atoms with van der Waals surface area (Å²) in [6, 6.07) is 0. The lowest BCUT2D eigenvalue weighted by molar-refractivity contribution is -0.168. The molecular weight excluding hydrogens is 544 g/mol. The van der Waals surface area contributed by atoms with Crippen LogP contribution < -0.4 is 0 Å². The van der Waals surface area contributed by atoms with Gasteiger partial charge in [-0.2, -0.15) is 0 Å². The molecule has 10 heteroatoms.